The van der Waals surface area contributed by atoms with E-state index < -0.39 is 0 Å². The minimum absolute atomic E-state index is 0.123. The van der Waals surface area contributed by atoms with Gasteiger partial charge in [-0.1, -0.05) is 11.6 Å². The molecule has 0 fully saturated rings. The molecule has 0 bridgehead atoms. The Morgan fingerprint density at radius 1 is 1.61 bits per heavy atom. The predicted octanol–water partition coefficient (Wildman–Crippen LogP) is 1.21. The van der Waals surface area contributed by atoms with Crippen molar-refractivity contribution in [2.75, 3.05) is 5.32 Å². The fourth-order valence-corrected chi connectivity index (χ4v) is 1.72. The van der Waals surface area contributed by atoms with Crippen molar-refractivity contribution in [1.82, 2.24) is 25.0 Å². The number of anilines is 1. The standard InChI is InChI=1S/C10H13ClN6O/c1-3-17-10(18)8(11)7(4-14-17)15-6(2)9-12-5-13-16-9/h4-6,15H,3H2,1-2H3,(H,12,13,16). The predicted molar refractivity (Wildman–Crippen MR) is 67.6 cm³/mol. The Bertz CT molecular complexity index is 579. The molecule has 2 heterocycles. The molecule has 8 heteroatoms. The molecular weight excluding hydrogens is 256 g/mol. The number of aryl methyl sites for hydroxylation is 1. The van der Waals surface area contributed by atoms with Crippen LogP contribution in [0.1, 0.15) is 25.7 Å². The average Bonchev–Trinajstić information content (AvgIpc) is 2.89. The van der Waals surface area contributed by atoms with Crippen molar-refractivity contribution in [2.24, 2.45) is 0 Å². The molecule has 0 amide bonds. The molecule has 2 aromatic heterocycles. The first-order chi connectivity index (χ1) is 8.63. The van der Waals surface area contributed by atoms with Crippen molar-refractivity contribution >= 4 is 17.3 Å². The lowest BCUT2D eigenvalue weighted by atomic mass is 10.3. The van der Waals surface area contributed by atoms with E-state index in [-0.39, 0.29) is 16.6 Å². The molecule has 96 valence electrons. The molecule has 7 nitrogen and oxygen atoms in total. The van der Waals surface area contributed by atoms with E-state index in [0.29, 0.717) is 18.1 Å². The highest BCUT2D eigenvalue weighted by Crippen LogP contribution is 2.20. The summed E-state index contributed by atoms with van der Waals surface area (Å²) in [5, 5.41) is 13.7. The number of halogens is 1. The molecular formula is C10H13ClN6O. The zero-order chi connectivity index (χ0) is 13.1. The molecule has 0 saturated carbocycles. The number of rotatable bonds is 4. The van der Waals surface area contributed by atoms with E-state index in [4.69, 9.17) is 11.6 Å². The molecule has 0 aliphatic carbocycles. The Balaban J connectivity index is 2.25. The summed E-state index contributed by atoms with van der Waals surface area (Å²) in [6.07, 6.45) is 2.95. The van der Waals surface area contributed by atoms with Crippen LogP contribution in [0.3, 0.4) is 0 Å². The van der Waals surface area contributed by atoms with Gasteiger partial charge in [-0.25, -0.2) is 9.67 Å². The average molecular weight is 269 g/mol. The van der Waals surface area contributed by atoms with Gasteiger partial charge in [0.25, 0.3) is 5.56 Å². The van der Waals surface area contributed by atoms with E-state index >= 15 is 0 Å². The van der Waals surface area contributed by atoms with Gasteiger partial charge in [0.15, 0.2) is 0 Å². The highest BCUT2D eigenvalue weighted by Gasteiger charge is 2.13. The summed E-state index contributed by atoms with van der Waals surface area (Å²) in [6, 6.07) is -0.149. The summed E-state index contributed by atoms with van der Waals surface area (Å²) in [5.74, 6) is 0.658. The largest absolute Gasteiger partial charge is 0.373 e. The van der Waals surface area contributed by atoms with Gasteiger partial charge in [-0.05, 0) is 13.8 Å². The van der Waals surface area contributed by atoms with E-state index in [2.05, 4.69) is 25.6 Å². The maximum atomic E-state index is 11.8. The Morgan fingerprint density at radius 2 is 2.39 bits per heavy atom. The fourth-order valence-electron chi connectivity index (χ4n) is 1.52. The van der Waals surface area contributed by atoms with Gasteiger partial charge in [0.2, 0.25) is 0 Å². The van der Waals surface area contributed by atoms with E-state index in [1.807, 2.05) is 13.8 Å². The Labute approximate surface area is 108 Å². The van der Waals surface area contributed by atoms with E-state index in [1.54, 1.807) is 0 Å². The van der Waals surface area contributed by atoms with Gasteiger partial charge in [0.05, 0.1) is 17.9 Å². The Morgan fingerprint density at radius 3 is 3.00 bits per heavy atom. The second-order valence-electron chi connectivity index (χ2n) is 3.73. The van der Waals surface area contributed by atoms with E-state index in [1.165, 1.54) is 17.2 Å². The van der Waals surface area contributed by atoms with Gasteiger partial charge in [-0.3, -0.25) is 9.89 Å². The first-order valence-electron chi connectivity index (χ1n) is 5.51. The summed E-state index contributed by atoms with van der Waals surface area (Å²) < 4.78 is 1.30. The van der Waals surface area contributed by atoms with Crippen LogP contribution in [0.2, 0.25) is 5.02 Å². The van der Waals surface area contributed by atoms with Gasteiger partial charge < -0.3 is 5.32 Å². The van der Waals surface area contributed by atoms with Crippen LogP contribution in [0.15, 0.2) is 17.3 Å². The van der Waals surface area contributed by atoms with Crippen LogP contribution in [0.4, 0.5) is 5.69 Å². The van der Waals surface area contributed by atoms with Crippen LogP contribution in [0.25, 0.3) is 0 Å². The molecule has 2 N–H and O–H groups in total. The monoisotopic (exact) mass is 268 g/mol. The fraction of sp³-hybridized carbons (Fsp3) is 0.400. The number of hydrogen-bond donors (Lipinski definition) is 2. The Kier molecular flexibility index (Phi) is 3.61. The van der Waals surface area contributed by atoms with E-state index in [9.17, 15) is 4.79 Å². The first-order valence-corrected chi connectivity index (χ1v) is 5.88. The van der Waals surface area contributed by atoms with Crippen LogP contribution >= 0.6 is 11.6 Å². The summed E-state index contributed by atoms with van der Waals surface area (Å²) in [7, 11) is 0. The topological polar surface area (TPSA) is 88.5 Å². The number of nitrogens with zero attached hydrogens (tertiary/aromatic N) is 4. The molecule has 1 atom stereocenters. The normalized spacial score (nSPS) is 12.4. The lowest BCUT2D eigenvalue weighted by molar-refractivity contribution is 0.615. The minimum atomic E-state index is -0.311. The molecule has 18 heavy (non-hydrogen) atoms. The van der Waals surface area contributed by atoms with Crippen LogP contribution in [-0.4, -0.2) is 25.0 Å². The van der Waals surface area contributed by atoms with E-state index in [0.717, 1.165) is 0 Å². The summed E-state index contributed by atoms with van der Waals surface area (Å²) >= 11 is 6.00. The van der Waals surface area contributed by atoms with Crippen molar-refractivity contribution in [3.05, 3.63) is 33.7 Å². The molecule has 0 aliphatic rings. The highest BCUT2D eigenvalue weighted by atomic mass is 35.5. The SMILES string of the molecule is CCn1ncc(NC(C)c2ncn[nH]2)c(Cl)c1=O. The molecule has 0 saturated heterocycles. The second-order valence-corrected chi connectivity index (χ2v) is 4.11. The highest BCUT2D eigenvalue weighted by molar-refractivity contribution is 6.32. The summed E-state index contributed by atoms with van der Waals surface area (Å²) in [5.41, 5.74) is 0.171. The third kappa shape index (κ3) is 2.35. The van der Waals surface area contributed by atoms with Gasteiger partial charge in [0.1, 0.15) is 17.2 Å². The number of H-pyrrole nitrogens is 1. The van der Waals surface area contributed by atoms with Crippen molar-refractivity contribution in [2.45, 2.75) is 26.4 Å². The molecule has 2 rings (SSSR count). The number of nitrogens with one attached hydrogen (secondary N) is 2. The van der Waals surface area contributed by atoms with Crippen LogP contribution in [0.5, 0.6) is 0 Å². The quantitative estimate of drug-likeness (QED) is 0.870. The third-order valence-corrected chi connectivity index (χ3v) is 2.87. The van der Waals surface area contributed by atoms with Gasteiger partial charge in [0, 0.05) is 6.54 Å². The third-order valence-electron chi connectivity index (χ3n) is 2.50. The molecule has 2 aromatic rings. The lowest BCUT2D eigenvalue weighted by Crippen LogP contribution is -2.24. The maximum absolute atomic E-state index is 11.8. The van der Waals surface area contributed by atoms with Crippen LogP contribution < -0.4 is 10.9 Å². The lowest BCUT2D eigenvalue weighted by Gasteiger charge is -2.13. The molecule has 0 aliphatic heterocycles. The minimum Gasteiger partial charge on any atom is -0.373 e. The number of aromatic nitrogens is 5. The van der Waals surface area contributed by atoms with Crippen molar-refractivity contribution in [1.29, 1.82) is 0 Å². The smallest absolute Gasteiger partial charge is 0.287 e. The molecule has 0 radical (unpaired) electrons. The molecule has 1 unspecified atom stereocenters. The second kappa shape index (κ2) is 5.18. The van der Waals surface area contributed by atoms with Crippen molar-refractivity contribution < 1.29 is 0 Å². The first kappa shape index (κ1) is 12.6. The van der Waals surface area contributed by atoms with Crippen molar-refractivity contribution in [3.8, 4) is 0 Å². The zero-order valence-corrected chi connectivity index (χ0v) is 10.8. The van der Waals surface area contributed by atoms with Crippen LogP contribution in [-0.2, 0) is 6.54 Å². The Hall–Kier alpha value is -1.89. The van der Waals surface area contributed by atoms with Gasteiger partial charge in [-0.2, -0.15) is 10.2 Å². The van der Waals surface area contributed by atoms with Crippen LogP contribution in [0, 0.1) is 0 Å². The van der Waals surface area contributed by atoms with Crippen molar-refractivity contribution in [3.63, 3.8) is 0 Å². The zero-order valence-electron chi connectivity index (χ0n) is 10.0. The molecule has 0 spiro atoms. The maximum Gasteiger partial charge on any atom is 0.287 e. The number of hydrogen-bond acceptors (Lipinski definition) is 5. The van der Waals surface area contributed by atoms with Gasteiger partial charge in [-0.15, -0.1) is 0 Å². The summed E-state index contributed by atoms with van der Waals surface area (Å²) in [4.78, 5) is 15.8. The molecule has 0 aromatic carbocycles. The van der Waals surface area contributed by atoms with Gasteiger partial charge >= 0.3 is 0 Å². The number of aromatic amines is 1. The summed E-state index contributed by atoms with van der Waals surface area (Å²) in [6.45, 7) is 4.19.